The van der Waals surface area contributed by atoms with Crippen molar-refractivity contribution < 1.29 is 52.3 Å². The lowest BCUT2D eigenvalue weighted by molar-refractivity contribution is -0.166. The average molecular weight is 725 g/mol. The molecule has 1 N–H and O–H groups in total. The second kappa shape index (κ2) is 20.3. The van der Waals surface area contributed by atoms with Gasteiger partial charge in [0, 0.05) is 46.4 Å². The highest BCUT2D eigenvalue weighted by Gasteiger charge is 2.51. The summed E-state index contributed by atoms with van der Waals surface area (Å²) in [6, 6.07) is 0.113. The first-order valence-electron chi connectivity index (χ1n) is 16.4. The molecule has 0 aromatic carbocycles. The van der Waals surface area contributed by atoms with E-state index in [4.69, 9.17) is 55.9 Å². The highest BCUT2D eigenvalue weighted by molar-refractivity contribution is 6.28. The number of hydrogen-bond acceptors (Lipinski definition) is 16. The minimum absolute atomic E-state index is 0.0337. The van der Waals surface area contributed by atoms with E-state index in [9.17, 15) is 14.4 Å². The first kappa shape index (κ1) is 39.2. The van der Waals surface area contributed by atoms with Gasteiger partial charge in [0.05, 0.1) is 57.8 Å². The summed E-state index contributed by atoms with van der Waals surface area (Å²) in [7, 11) is 0. The van der Waals surface area contributed by atoms with Crippen LogP contribution < -0.4 is 5.32 Å². The second-order valence-electron chi connectivity index (χ2n) is 11.5. The van der Waals surface area contributed by atoms with Gasteiger partial charge in [-0.2, -0.15) is 15.1 Å². The molecular formula is C32H45ClN6O11. The lowest BCUT2D eigenvalue weighted by Crippen LogP contribution is -2.40. The molecule has 0 spiro atoms. The fraction of sp³-hybridized carbons (Fsp3) is 0.688. The summed E-state index contributed by atoms with van der Waals surface area (Å²) in [5.74, 6) is 1.07. The van der Waals surface area contributed by atoms with Crippen molar-refractivity contribution in [2.75, 3.05) is 84.4 Å². The third kappa shape index (κ3) is 12.0. The van der Waals surface area contributed by atoms with Gasteiger partial charge in [0.2, 0.25) is 5.28 Å². The minimum atomic E-state index is -1.12. The number of piperidine rings is 1. The first-order chi connectivity index (χ1) is 24.2. The van der Waals surface area contributed by atoms with Gasteiger partial charge in [-0.1, -0.05) is 5.92 Å². The fourth-order valence-corrected chi connectivity index (χ4v) is 5.73. The van der Waals surface area contributed by atoms with Gasteiger partial charge in [-0.3, -0.25) is 14.4 Å². The highest BCUT2D eigenvalue weighted by atomic mass is 35.5. The summed E-state index contributed by atoms with van der Waals surface area (Å²) >= 11 is 6.37. The van der Waals surface area contributed by atoms with E-state index in [-0.39, 0.29) is 24.5 Å². The van der Waals surface area contributed by atoms with Crippen LogP contribution in [-0.4, -0.2) is 146 Å². The number of hydrogen-bond donors (Lipinski definition) is 1. The van der Waals surface area contributed by atoms with Gasteiger partial charge in [0.25, 0.3) is 0 Å². The number of ether oxygens (including phenoxy) is 8. The van der Waals surface area contributed by atoms with Gasteiger partial charge >= 0.3 is 17.9 Å². The lowest BCUT2D eigenvalue weighted by atomic mass is 10.1. The molecule has 17 nitrogen and oxygen atoms in total. The number of rotatable bonds is 20. The Kier molecular flexibility index (Phi) is 15.9. The Hall–Kier alpha value is -3.63. The number of nitrogens with zero attached hydrogens (tertiary/aromatic N) is 5. The molecule has 0 saturated carbocycles. The van der Waals surface area contributed by atoms with Crippen LogP contribution in [0.5, 0.6) is 0 Å². The first-order valence-corrected chi connectivity index (χ1v) is 16.8. The monoisotopic (exact) mass is 724 g/mol. The third-order valence-corrected chi connectivity index (χ3v) is 7.96. The topological polar surface area (TPSA) is 184 Å². The normalized spacial score (nSPS) is 21.2. The zero-order valence-corrected chi connectivity index (χ0v) is 29.3. The Morgan fingerprint density at radius 2 is 1.54 bits per heavy atom. The lowest BCUT2D eigenvalue weighted by Gasteiger charge is -2.32. The Labute approximate surface area is 295 Å². The van der Waals surface area contributed by atoms with Gasteiger partial charge in [-0.15, -0.1) is 6.42 Å². The standard InChI is InChI=1S/C32H45ClN6O11/c1-5-11-43-13-15-45-17-18-46-16-14-44-12-10-38-8-6-24(7-9-38)35-29-25-19-34-39(30(25)37-32(33)36-29)31-28(49-23(4)42)27(48-22(3)41)26(50-31)20-47-21(2)40/h1,19,24,26-28,31H,6-18,20H2,2-4H3,(H,35,36,37)/t26-,27-,28-,31-/m1/s1. The second-order valence-corrected chi connectivity index (χ2v) is 11.9. The molecule has 2 aromatic rings. The fourth-order valence-electron chi connectivity index (χ4n) is 5.56. The van der Waals surface area contributed by atoms with Crippen LogP contribution in [0.15, 0.2) is 6.20 Å². The molecule has 0 amide bonds. The van der Waals surface area contributed by atoms with Crippen LogP contribution in [0.1, 0.15) is 39.8 Å². The number of likely N-dealkylation sites (tertiary alicyclic amines) is 1. The number of carbonyl (C=O) groups is 3. The number of halogens is 1. The van der Waals surface area contributed by atoms with Gasteiger partial charge in [-0.25, -0.2) is 4.68 Å². The van der Waals surface area contributed by atoms with E-state index in [0.717, 1.165) is 32.5 Å². The molecule has 276 valence electrons. The summed E-state index contributed by atoms with van der Waals surface area (Å²) < 4.78 is 45.4. The van der Waals surface area contributed by atoms with Gasteiger partial charge in [0.15, 0.2) is 24.1 Å². The van der Waals surface area contributed by atoms with E-state index in [1.54, 1.807) is 6.20 Å². The van der Waals surface area contributed by atoms with Gasteiger partial charge in [-0.05, 0) is 24.4 Å². The maximum absolute atomic E-state index is 12.1. The van der Waals surface area contributed by atoms with Crippen molar-refractivity contribution in [1.82, 2.24) is 24.6 Å². The molecule has 4 heterocycles. The average Bonchev–Trinajstić information content (AvgIpc) is 3.63. The van der Waals surface area contributed by atoms with Crippen molar-refractivity contribution in [2.24, 2.45) is 0 Å². The van der Waals surface area contributed by atoms with Crippen LogP contribution in [0.25, 0.3) is 11.0 Å². The molecule has 4 atom stereocenters. The van der Waals surface area contributed by atoms with Gasteiger partial charge in [0.1, 0.15) is 25.1 Å². The van der Waals surface area contributed by atoms with Gasteiger partial charge < -0.3 is 48.1 Å². The molecule has 2 saturated heterocycles. The maximum Gasteiger partial charge on any atom is 0.303 e. The molecule has 0 bridgehead atoms. The van der Waals surface area contributed by atoms with Crippen LogP contribution in [0.3, 0.4) is 0 Å². The number of terminal acetylenes is 1. The van der Waals surface area contributed by atoms with E-state index in [1.807, 2.05) is 0 Å². The zero-order chi connectivity index (χ0) is 35.9. The van der Waals surface area contributed by atoms with E-state index < -0.39 is 42.4 Å². The van der Waals surface area contributed by atoms with Crippen LogP contribution in [0.2, 0.25) is 5.28 Å². The number of aromatic nitrogens is 4. The zero-order valence-electron chi connectivity index (χ0n) is 28.5. The number of fused-ring (bicyclic) bond motifs is 1. The summed E-state index contributed by atoms with van der Waals surface area (Å²) in [6.07, 6.45) is 4.15. The molecule has 4 rings (SSSR count). The van der Waals surface area contributed by atoms with E-state index in [1.165, 1.54) is 25.5 Å². The van der Waals surface area contributed by atoms with Crippen LogP contribution in [0, 0.1) is 12.3 Å². The van der Waals surface area contributed by atoms with Crippen LogP contribution in [0.4, 0.5) is 5.82 Å². The minimum Gasteiger partial charge on any atom is -0.463 e. The Bertz CT molecular complexity index is 1450. The predicted molar refractivity (Wildman–Crippen MR) is 177 cm³/mol. The smallest absolute Gasteiger partial charge is 0.303 e. The quantitative estimate of drug-likeness (QED) is 0.0679. The molecule has 0 aliphatic carbocycles. The molecule has 0 radical (unpaired) electrons. The van der Waals surface area contributed by atoms with Crippen molar-refractivity contribution in [3.05, 3.63) is 11.5 Å². The number of carbonyl (C=O) groups excluding carboxylic acids is 3. The van der Waals surface area contributed by atoms with Crippen molar-refractivity contribution in [3.63, 3.8) is 0 Å². The van der Waals surface area contributed by atoms with Crippen molar-refractivity contribution >= 4 is 46.4 Å². The summed E-state index contributed by atoms with van der Waals surface area (Å²) in [6.45, 7) is 9.77. The highest BCUT2D eigenvalue weighted by Crippen LogP contribution is 2.37. The van der Waals surface area contributed by atoms with E-state index in [0.29, 0.717) is 63.1 Å². The SMILES string of the molecule is C#CCOCCOCCOCCOCCN1CCC(Nc2nc(Cl)nc3c2cnn3[C@@H]2O[C@H](COC(C)=O)[C@@H](OC(C)=O)[C@H]2OC(C)=O)CC1. The van der Waals surface area contributed by atoms with Crippen molar-refractivity contribution in [2.45, 2.75) is 64.2 Å². The largest absolute Gasteiger partial charge is 0.463 e. The Morgan fingerprint density at radius 1 is 0.920 bits per heavy atom. The van der Waals surface area contributed by atoms with Crippen LogP contribution >= 0.6 is 11.6 Å². The van der Waals surface area contributed by atoms with E-state index in [2.05, 4.69) is 31.2 Å². The van der Waals surface area contributed by atoms with Crippen LogP contribution in [-0.2, 0) is 52.3 Å². The van der Waals surface area contributed by atoms with E-state index >= 15 is 0 Å². The predicted octanol–water partition coefficient (Wildman–Crippen LogP) is 1.38. The number of nitrogens with one attached hydrogen (secondary N) is 1. The Morgan fingerprint density at radius 3 is 2.16 bits per heavy atom. The summed E-state index contributed by atoms with van der Waals surface area (Å²) in [5, 5.41) is 8.49. The summed E-state index contributed by atoms with van der Waals surface area (Å²) in [5.41, 5.74) is 0.307. The summed E-state index contributed by atoms with van der Waals surface area (Å²) in [4.78, 5) is 46.7. The molecule has 0 unspecified atom stereocenters. The Balaban J connectivity index is 1.27. The molecule has 18 heteroatoms. The third-order valence-electron chi connectivity index (χ3n) is 7.79. The molecule has 2 aromatic heterocycles. The molecule has 2 fully saturated rings. The molecule has 50 heavy (non-hydrogen) atoms. The molecule has 2 aliphatic rings. The number of esters is 3. The molecular weight excluding hydrogens is 680 g/mol. The number of anilines is 1. The van der Waals surface area contributed by atoms with Crippen molar-refractivity contribution in [3.8, 4) is 12.3 Å². The maximum atomic E-state index is 12.1. The van der Waals surface area contributed by atoms with Crippen molar-refractivity contribution in [1.29, 1.82) is 0 Å². The molecule has 2 aliphatic heterocycles.